The van der Waals surface area contributed by atoms with Crippen LogP contribution in [0.1, 0.15) is 23.2 Å². The van der Waals surface area contributed by atoms with Gasteiger partial charge in [0.05, 0.1) is 6.61 Å². The zero-order valence-corrected chi connectivity index (χ0v) is 17.9. The van der Waals surface area contributed by atoms with Crippen molar-refractivity contribution in [2.45, 2.75) is 12.8 Å². The van der Waals surface area contributed by atoms with E-state index in [1.165, 1.54) is 15.8 Å². The summed E-state index contributed by atoms with van der Waals surface area (Å²) in [6.07, 6.45) is 1.55. The molecule has 0 atom stereocenters. The zero-order chi connectivity index (χ0) is 20.3. The predicted molar refractivity (Wildman–Crippen MR) is 124 cm³/mol. The van der Waals surface area contributed by atoms with E-state index in [0.29, 0.717) is 13.0 Å². The number of hydrogen-bond acceptors (Lipinski definition) is 6. The van der Waals surface area contributed by atoms with Crippen molar-refractivity contribution in [3.05, 3.63) is 53.4 Å². The molecule has 5 nitrogen and oxygen atoms in total. The number of benzene rings is 2. The zero-order valence-electron chi connectivity index (χ0n) is 17.1. The van der Waals surface area contributed by atoms with Gasteiger partial charge in [-0.25, -0.2) is 0 Å². The summed E-state index contributed by atoms with van der Waals surface area (Å²) >= 11 is 1.81. The van der Waals surface area contributed by atoms with Gasteiger partial charge in [0.1, 0.15) is 5.75 Å². The lowest BCUT2D eigenvalue weighted by Gasteiger charge is -2.36. The van der Waals surface area contributed by atoms with Crippen LogP contribution in [0.5, 0.6) is 5.75 Å². The Morgan fingerprint density at radius 3 is 2.87 bits per heavy atom. The van der Waals surface area contributed by atoms with Crippen LogP contribution >= 0.6 is 11.3 Å². The summed E-state index contributed by atoms with van der Waals surface area (Å²) in [5.74, 6) is 0.990. The topological polar surface area (TPSA) is 44.8 Å². The van der Waals surface area contributed by atoms with Gasteiger partial charge in [0.25, 0.3) is 0 Å². The molecule has 1 fully saturated rings. The summed E-state index contributed by atoms with van der Waals surface area (Å²) in [4.78, 5) is 17.1. The van der Waals surface area contributed by atoms with E-state index in [1.54, 1.807) is 0 Å². The number of nitrogens with zero attached hydrogens (tertiary/aromatic N) is 2. The minimum atomic E-state index is 0.199. The van der Waals surface area contributed by atoms with Crippen molar-refractivity contribution in [3.8, 4) is 5.75 Å². The van der Waals surface area contributed by atoms with Crippen molar-refractivity contribution in [3.63, 3.8) is 0 Å². The molecule has 3 aromatic rings. The van der Waals surface area contributed by atoms with Gasteiger partial charge in [0.15, 0.2) is 5.78 Å². The lowest BCUT2D eigenvalue weighted by Crippen LogP contribution is -2.46. The van der Waals surface area contributed by atoms with E-state index in [2.05, 4.69) is 44.8 Å². The molecule has 156 valence electrons. The maximum Gasteiger partial charge on any atom is 0.166 e. The largest absolute Gasteiger partial charge is 0.494 e. The van der Waals surface area contributed by atoms with Gasteiger partial charge in [-0.1, -0.05) is 6.07 Å². The minimum Gasteiger partial charge on any atom is -0.494 e. The Kier molecular flexibility index (Phi) is 5.60. The first-order valence-electron chi connectivity index (χ1n) is 10.8. The third-order valence-electron chi connectivity index (χ3n) is 6.03. The van der Waals surface area contributed by atoms with E-state index >= 15 is 0 Å². The maximum atomic E-state index is 12.1. The molecule has 0 aliphatic carbocycles. The fraction of sp³-hybridized carbons (Fsp3) is 0.375. The summed E-state index contributed by atoms with van der Waals surface area (Å²) in [6.45, 7) is 6.74. The Bertz CT molecular complexity index is 1040. The molecule has 0 unspecified atom stereocenters. The van der Waals surface area contributed by atoms with Gasteiger partial charge >= 0.3 is 0 Å². The van der Waals surface area contributed by atoms with E-state index in [-0.39, 0.29) is 5.78 Å². The van der Waals surface area contributed by atoms with Crippen molar-refractivity contribution < 1.29 is 9.53 Å². The molecule has 0 radical (unpaired) electrons. The molecule has 0 bridgehead atoms. The molecular formula is C24H27N3O2S. The Labute approximate surface area is 181 Å². The van der Waals surface area contributed by atoms with Crippen molar-refractivity contribution in [1.29, 1.82) is 0 Å². The number of anilines is 2. The number of thiophene rings is 1. The normalized spacial score (nSPS) is 17.1. The first-order valence-corrected chi connectivity index (χ1v) is 11.6. The summed E-state index contributed by atoms with van der Waals surface area (Å²) in [6, 6.07) is 14.6. The average molecular weight is 422 g/mol. The van der Waals surface area contributed by atoms with Crippen molar-refractivity contribution in [1.82, 2.24) is 4.90 Å². The Balaban J connectivity index is 1.08. The third-order valence-corrected chi connectivity index (χ3v) is 6.91. The van der Waals surface area contributed by atoms with E-state index < -0.39 is 0 Å². The molecule has 1 saturated heterocycles. The molecule has 5 rings (SSSR count). The smallest absolute Gasteiger partial charge is 0.166 e. The SMILES string of the molecule is O=C1CCNc2ccc(OCCCN3CCN(c4cccc5sccc45)CC3)cc21. The Hall–Kier alpha value is -2.57. The van der Waals surface area contributed by atoms with E-state index in [4.69, 9.17) is 4.74 Å². The minimum absolute atomic E-state index is 0.199. The molecule has 0 saturated carbocycles. The number of ether oxygens (including phenoxy) is 1. The second kappa shape index (κ2) is 8.66. The van der Waals surface area contributed by atoms with E-state index in [0.717, 1.165) is 62.7 Å². The number of carbonyl (C=O) groups excluding carboxylic acids is 1. The van der Waals surface area contributed by atoms with Crippen molar-refractivity contribution in [2.75, 3.05) is 56.1 Å². The van der Waals surface area contributed by atoms with Gasteiger partial charge in [-0.3, -0.25) is 9.69 Å². The number of piperazine rings is 1. The van der Waals surface area contributed by atoms with Crippen LogP contribution in [0.25, 0.3) is 10.1 Å². The molecule has 3 heterocycles. The fourth-order valence-electron chi connectivity index (χ4n) is 4.39. The van der Waals surface area contributed by atoms with Gasteiger partial charge < -0.3 is 15.0 Å². The number of carbonyl (C=O) groups is 1. The number of rotatable bonds is 6. The summed E-state index contributed by atoms with van der Waals surface area (Å²) in [5, 5.41) is 6.83. The molecule has 1 aromatic heterocycles. The number of ketones is 1. The number of nitrogens with one attached hydrogen (secondary N) is 1. The van der Waals surface area contributed by atoms with E-state index in [1.807, 2.05) is 29.5 Å². The van der Waals surface area contributed by atoms with Crippen LogP contribution in [0.4, 0.5) is 11.4 Å². The third kappa shape index (κ3) is 4.02. The lowest BCUT2D eigenvalue weighted by atomic mass is 10.0. The predicted octanol–water partition coefficient (Wildman–Crippen LogP) is 4.49. The molecule has 2 aliphatic heterocycles. The van der Waals surface area contributed by atoms with Crippen LogP contribution in [0.3, 0.4) is 0 Å². The van der Waals surface area contributed by atoms with Crippen LogP contribution in [-0.4, -0.2) is 56.6 Å². The van der Waals surface area contributed by atoms with Gasteiger partial charge in [-0.2, -0.15) is 0 Å². The molecule has 30 heavy (non-hydrogen) atoms. The van der Waals surface area contributed by atoms with Gasteiger partial charge in [0, 0.05) is 72.7 Å². The molecule has 0 amide bonds. The highest BCUT2D eigenvalue weighted by molar-refractivity contribution is 7.17. The quantitative estimate of drug-likeness (QED) is 0.594. The van der Waals surface area contributed by atoms with Crippen molar-refractivity contribution >= 4 is 38.6 Å². The summed E-state index contributed by atoms with van der Waals surface area (Å²) in [7, 11) is 0. The van der Waals surface area contributed by atoms with Crippen LogP contribution in [0.15, 0.2) is 47.8 Å². The van der Waals surface area contributed by atoms with Gasteiger partial charge in [0.2, 0.25) is 0 Å². The second-order valence-corrected chi connectivity index (χ2v) is 8.90. The highest BCUT2D eigenvalue weighted by atomic mass is 32.1. The first kappa shape index (κ1) is 19.4. The summed E-state index contributed by atoms with van der Waals surface area (Å²) in [5.41, 5.74) is 3.05. The highest BCUT2D eigenvalue weighted by Gasteiger charge is 2.19. The Morgan fingerprint density at radius 2 is 1.97 bits per heavy atom. The van der Waals surface area contributed by atoms with Crippen LogP contribution in [0, 0.1) is 0 Å². The van der Waals surface area contributed by atoms with Crippen LogP contribution in [-0.2, 0) is 0 Å². The average Bonchev–Trinajstić information content (AvgIpc) is 3.27. The lowest BCUT2D eigenvalue weighted by molar-refractivity contribution is 0.0983. The van der Waals surface area contributed by atoms with Crippen LogP contribution in [0.2, 0.25) is 0 Å². The van der Waals surface area contributed by atoms with E-state index in [9.17, 15) is 4.79 Å². The number of fused-ring (bicyclic) bond motifs is 2. The molecule has 0 spiro atoms. The number of hydrogen-bond donors (Lipinski definition) is 1. The molecular weight excluding hydrogens is 394 g/mol. The molecule has 2 aliphatic rings. The first-order chi connectivity index (χ1) is 14.8. The van der Waals surface area contributed by atoms with Gasteiger partial charge in [-0.15, -0.1) is 11.3 Å². The monoisotopic (exact) mass is 421 g/mol. The van der Waals surface area contributed by atoms with Gasteiger partial charge in [-0.05, 0) is 48.2 Å². The second-order valence-electron chi connectivity index (χ2n) is 7.95. The molecule has 6 heteroatoms. The standard InChI is InChI=1S/C24H27N3O2S/c28-23-7-9-25-21-6-5-18(17-20(21)23)29-15-2-10-26-11-13-27(14-12-26)22-3-1-4-24-19(22)8-16-30-24/h1,3-6,8,16-17,25H,2,7,9-15H2. The highest BCUT2D eigenvalue weighted by Crippen LogP contribution is 2.31. The summed E-state index contributed by atoms with van der Waals surface area (Å²) < 4.78 is 7.29. The molecule has 2 aromatic carbocycles. The Morgan fingerprint density at radius 1 is 1.07 bits per heavy atom. The van der Waals surface area contributed by atoms with Crippen molar-refractivity contribution in [2.24, 2.45) is 0 Å². The maximum absolute atomic E-state index is 12.1. The fourth-order valence-corrected chi connectivity index (χ4v) is 5.20. The van der Waals surface area contributed by atoms with Crippen LogP contribution < -0.4 is 15.0 Å². The molecule has 1 N–H and O–H groups in total. The number of Topliss-reactive ketones (excluding diaryl/α,β-unsaturated/α-hetero) is 1.